The Bertz CT molecular complexity index is 540. The number of nitrogens with zero attached hydrogens (tertiary/aromatic N) is 2. The smallest absolute Gasteiger partial charge is 0.162 e. The molecule has 0 spiro atoms. The van der Waals surface area contributed by atoms with Crippen molar-refractivity contribution in [3.63, 3.8) is 0 Å². The van der Waals surface area contributed by atoms with E-state index in [0.29, 0.717) is 16.9 Å². The van der Waals surface area contributed by atoms with E-state index in [4.69, 9.17) is 10.00 Å². The lowest BCUT2D eigenvalue weighted by Gasteiger charge is -2.33. The molecule has 7 heteroatoms. The van der Waals surface area contributed by atoms with Crippen LogP contribution in [0.3, 0.4) is 0 Å². The van der Waals surface area contributed by atoms with Gasteiger partial charge in [-0.15, -0.1) is 31.4 Å². The topological polar surface area (TPSA) is 68.5 Å². The number of benzene rings is 1. The lowest BCUT2D eigenvalue weighted by Crippen LogP contribution is -2.44. The minimum atomic E-state index is -0.126. The average molecular weight is 346 g/mol. The number of nitrogens with one attached hydrogen (secondary N) is 1. The molecule has 0 radical (unpaired) electrons. The Balaban J connectivity index is 0.00000220. The Labute approximate surface area is 143 Å². The molecule has 1 heterocycles. The number of methoxy groups -OCH3 is 1. The van der Waals surface area contributed by atoms with Crippen LogP contribution in [-0.4, -0.2) is 43.3 Å². The van der Waals surface area contributed by atoms with Crippen LogP contribution in [0.4, 0.5) is 0 Å². The van der Waals surface area contributed by atoms with Crippen molar-refractivity contribution in [2.45, 2.75) is 6.04 Å². The van der Waals surface area contributed by atoms with E-state index in [1.807, 2.05) is 0 Å². The van der Waals surface area contributed by atoms with Crippen molar-refractivity contribution in [3.05, 3.63) is 35.9 Å². The van der Waals surface area contributed by atoms with Gasteiger partial charge in [0.1, 0.15) is 0 Å². The summed E-state index contributed by atoms with van der Waals surface area (Å²) in [5, 5.41) is 22.7. The summed E-state index contributed by atoms with van der Waals surface area (Å²) in [4.78, 5) is 2.22. The SMILES string of the molecule is C=C[C@@H](c1cc(C#N)cc(OC)c1O)N1CCNCC1.Cl.Cl. The number of piperazine rings is 1. The minimum absolute atomic E-state index is 0. The number of ether oxygens (including phenoxy) is 1. The number of hydrogen-bond acceptors (Lipinski definition) is 5. The lowest BCUT2D eigenvalue weighted by molar-refractivity contribution is 0.200. The first-order valence-electron chi connectivity index (χ1n) is 6.59. The van der Waals surface area contributed by atoms with E-state index in [-0.39, 0.29) is 36.6 Å². The zero-order valence-corrected chi connectivity index (χ0v) is 14.0. The fourth-order valence-electron chi connectivity index (χ4n) is 2.51. The number of halogens is 2. The first kappa shape index (κ1) is 20.6. The molecular formula is C15H21Cl2N3O2. The molecule has 2 rings (SSSR count). The summed E-state index contributed by atoms with van der Waals surface area (Å²) in [7, 11) is 1.48. The fraction of sp³-hybridized carbons (Fsp3) is 0.400. The summed E-state index contributed by atoms with van der Waals surface area (Å²) in [6.07, 6.45) is 1.79. The number of rotatable bonds is 4. The van der Waals surface area contributed by atoms with Crippen molar-refractivity contribution in [2.75, 3.05) is 33.3 Å². The number of hydrogen-bond donors (Lipinski definition) is 2. The molecule has 1 aromatic rings. The quantitative estimate of drug-likeness (QED) is 0.819. The normalized spacial score (nSPS) is 15.6. The second kappa shape index (κ2) is 9.54. The Morgan fingerprint density at radius 2 is 2.05 bits per heavy atom. The molecule has 0 amide bonds. The highest BCUT2D eigenvalue weighted by Crippen LogP contribution is 2.37. The predicted molar refractivity (Wildman–Crippen MR) is 91.3 cm³/mol. The Kier molecular flexibility index (Phi) is 8.91. The van der Waals surface area contributed by atoms with Gasteiger partial charge in [0.15, 0.2) is 11.5 Å². The van der Waals surface area contributed by atoms with Crippen LogP contribution < -0.4 is 10.1 Å². The van der Waals surface area contributed by atoms with Gasteiger partial charge in [-0.05, 0) is 6.07 Å². The van der Waals surface area contributed by atoms with Gasteiger partial charge < -0.3 is 15.2 Å². The van der Waals surface area contributed by atoms with Crippen LogP contribution in [0, 0.1) is 11.3 Å². The van der Waals surface area contributed by atoms with Gasteiger partial charge in [0.25, 0.3) is 0 Å². The van der Waals surface area contributed by atoms with Crippen LogP contribution in [0.15, 0.2) is 24.8 Å². The molecule has 1 saturated heterocycles. The van der Waals surface area contributed by atoms with Crippen molar-refractivity contribution in [3.8, 4) is 17.6 Å². The third kappa shape index (κ3) is 4.28. The van der Waals surface area contributed by atoms with Crippen molar-refractivity contribution >= 4 is 24.8 Å². The molecule has 0 saturated carbocycles. The van der Waals surface area contributed by atoms with Gasteiger partial charge in [-0.2, -0.15) is 5.26 Å². The highest BCUT2D eigenvalue weighted by Gasteiger charge is 2.24. The van der Waals surface area contributed by atoms with Crippen molar-refractivity contribution in [1.82, 2.24) is 10.2 Å². The monoisotopic (exact) mass is 345 g/mol. The molecule has 5 nitrogen and oxygen atoms in total. The van der Waals surface area contributed by atoms with Crippen LogP contribution in [0.1, 0.15) is 17.2 Å². The Hall–Kier alpha value is -1.45. The van der Waals surface area contributed by atoms with E-state index in [1.54, 1.807) is 12.1 Å². The third-order valence-electron chi connectivity index (χ3n) is 3.54. The molecule has 1 aliphatic heterocycles. The van der Waals surface area contributed by atoms with Crippen molar-refractivity contribution < 1.29 is 9.84 Å². The average Bonchev–Trinajstić information content (AvgIpc) is 2.50. The van der Waals surface area contributed by atoms with E-state index >= 15 is 0 Å². The maximum Gasteiger partial charge on any atom is 0.162 e. The van der Waals surface area contributed by atoms with Gasteiger partial charge in [0.05, 0.1) is 24.8 Å². The van der Waals surface area contributed by atoms with Gasteiger partial charge in [0, 0.05) is 37.8 Å². The zero-order valence-electron chi connectivity index (χ0n) is 12.4. The molecule has 2 N–H and O–H groups in total. The second-order valence-electron chi connectivity index (χ2n) is 4.69. The molecule has 1 atom stereocenters. The van der Waals surface area contributed by atoms with Crippen LogP contribution in [0.25, 0.3) is 0 Å². The van der Waals surface area contributed by atoms with E-state index in [2.05, 4.69) is 22.9 Å². The molecular weight excluding hydrogens is 325 g/mol. The van der Waals surface area contributed by atoms with Crippen LogP contribution in [0.2, 0.25) is 0 Å². The standard InChI is InChI=1S/C15H19N3O2.2ClH/c1-3-13(18-6-4-17-5-7-18)12-8-11(10-16)9-14(20-2)15(12)19;;/h3,8-9,13,17,19H,1,4-7H2,2H3;2*1H/t13-;;/m0../s1. The van der Waals surface area contributed by atoms with Crippen LogP contribution in [0.5, 0.6) is 11.5 Å². The summed E-state index contributed by atoms with van der Waals surface area (Å²) in [5.74, 6) is 0.399. The number of phenols is 1. The predicted octanol–water partition coefficient (Wildman–Crippen LogP) is 2.25. The van der Waals surface area contributed by atoms with E-state index in [9.17, 15) is 5.11 Å². The molecule has 1 aromatic carbocycles. The zero-order chi connectivity index (χ0) is 14.5. The molecule has 122 valence electrons. The van der Waals surface area contributed by atoms with Crippen LogP contribution in [-0.2, 0) is 0 Å². The number of aromatic hydroxyl groups is 1. The molecule has 0 bridgehead atoms. The van der Waals surface area contributed by atoms with Gasteiger partial charge in [0.2, 0.25) is 0 Å². The first-order chi connectivity index (χ1) is 9.71. The summed E-state index contributed by atoms with van der Waals surface area (Å²) in [6.45, 7) is 7.41. The Morgan fingerprint density at radius 1 is 1.41 bits per heavy atom. The molecule has 0 aliphatic carbocycles. The van der Waals surface area contributed by atoms with Crippen LogP contribution >= 0.6 is 24.8 Å². The summed E-state index contributed by atoms with van der Waals surface area (Å²) >= 11 is 0. The summed E-state index contributed by atoms with van der Waals surface area (Å²) < 4.78 is 5.14. The number of nitriles is 1. The fourth-order valence-corrected chi connectivity index (χ4v) is 2.51. The van der Waals surface area contributed by atoms with Gasteiger partial charge in [-0.3, -0.25) is 4.90 Å². The van der Waals surface area contributed by atoms with Crippen molar-refractivity contribution in [2.24, 2.45) is 0 Å². The lowest BCUT2D eigenvalue weighted by atomic mass is 10.00. The van der Waals surface area contributed by atoms with Gasteiger partial charge in [-0.1, -0.05) is 6.08 Å². The minimum Gasteiger partial charge on any atom is -0.504 e. The van der Waals surface area contributed by atoms with E-state index in [1.165, 1.54) is 13.2 Å². The third-order valence-corrected chi connectivity index (χ3v) is 3.54. The molecule has 22 heavy (non-hydrogen) atoms. The number of phenolic OH excluding ortho intramolecular Hbond substituents is 1. The largest absolute Gasteiger partial charge is 0.504 e. The summed E-state index contributed by atoms with van der Waals surface area (Å²) in [6, 6.07) is 5.21. The molecule has 0 aromatic heterocycles. The van der Waals surface area contributed by atoms with Gasteiger partial charge >= 0.3 is 0 Å². The highest BCUT2D eigenvalue weighted by atomic mass is 35.5. The van der Waals surface area contributed by atoms with Gasteiger partial charge in [-0.25, -0.2) is 0 Å². The second-order valence-corrected chi connectivity index (χ2v) is 4.69. The maximum absolute atomic E-state index is 10.3. The summed E-state index contributed by atoms with van der Waals surface area (Å²) in [5.41, 5.74) is 1.13. The maximum atomic E-state index is 10.3. The molecule has 1 aliphatic rings. The highest BCUT2D eigenvalue weighted by molar-refractivity contribution is 5.85. The van der Waals surface area contributed by atoms with E-state index < -0.39 is 0 Å². The first-order valence-corrected chi connectivity index (χ1v) is 6.59. The Morgan fingerprint density at radius 3 is 2.55 bits per heavy atom. The molecule has 0 unspecified atom stereocenters. The molecule has 1 fully saturated rings. The van der Waals surface area contributed by atoms with E-state index in [0.717, 1.165) is 26.2 Å². The van der Waals surface area contributed by atoms with Crippen molar-refractivity contribution in [1.29, 1.82) is 5.26 Å².